The summed E-state index contributed by atoms with van der Waals surface area (Å²) in [5, 5.41) is 0. The van der Waals surface area contributed by atoms with E-state index in [1.807, 2.05) is 13.8 Å². The largest absolute Gasteiger partial charge is 0.465 e. The zero-order valence-electron chi connectivity index (χ0n) is 10.6. The molecule has 2 N–H and O–H groups in total. The van der Waals surface area contributed by atoms with E-state index in [-0.39, 0.29) is 12.5 Å². The SMILES string of the molecule is CC.CCOC(=O)C(N)C1CC2C(C1)C2(F)F. The van der Waals surface area contributed by atoms with E-state index in [4.69, 9.17) is 10.5 Å². The monoisotopic (exact) mass is 249 g/mol. The van der Waals surface area contributed by atoms with Crippen LogP contribution in [0.15, 0.2) is 0 Å². The first-order valence-electron chi connectivity index (χ1n) is 6.28. The van der Waals surface area contributed by atoms with Gasteiger partial charge in [0.1, 0.15) is 6.04 Å². The number of hydrogen-bond acceptors (Lipinski definition) is 3. The molecule has 3 unspecified atom stereocenters. The van der Waals surface area contributed by atoms with Gasteiger partial charge in [-0.3, -0.25) is 4.79 Å². The molecule has 0 aromatic carbocycles. The van der Waals surface area contributed by atoms with E-state index < -0.39 is 29.8 Å². The smallest absolute Gasteiger partial charge is 0.323 e. The highest BCUT2D eigenvalue weighted by Gasteiger charge is 2.72. The van der Waals surface area contributed by atoms with Gasteiger partial charge in [-0.15, -0.1) is 0 Å². The van der Waals surface area contributed by atoms with Crippen LogP contribution >= 0.6 is 0 Å². The number of carbonyl (C=O) groups is 1. The van der Waals surface area contributed by atoms with Crippen molar-refractivity contribution in [3.05, 3.63) is 0 Å². The van der Waals surface area contributed by atoms with E-state index in [1.54, 1.807) is 6.92 Å². The van der Waals surface area contributed by atoms with Gasteiger partial charge in [-0.05, 0) is 25.7 Å². The lowest BCUT2D eigenvalue weighted by Gasteiger charge is -2.19. The molecule has 0 radical (unpaired) electrons. The molecular formula is C12H21F2NO2. The molecule has 2 fully saturated rings. The van der Waals surface area contributed by atoms with Gasteiger partial charge < -0.3 is 10.5 Å². The van der Waals surface area contributed by atoms with Crippen LogP contribution in [-0.2, 0) is 9.53 Å². The Hall–Kier alpha value is -0.710. The first kappa shape index (κ1) is 14.4. The summed E-state index contributed by atoms with van der Waals surface area (Å²) >= 11 is 0. The molecule has 0 bridgehead atoms. The molecule has 5 heteroatoms. The van der Waals surface area contributed by atoms with Crippen LogP contribution in [0.25, 0.3) is 0 Å². The van der Waals surface area contributed by atoms with Gasteiger partial charge >= 0.3 is 5.97 Å². The van der Waals surface area contributed by atoms with Crippen molar-refractivity contribution < 1.29 is 18.3 Å². The minimum Gasteiger partial charge on any atom is -0.465 e. The highest BCUT2D eigenvalue weighted by Crippen LogP contribution is 2.66. The normalized spacial score (nSPS) is 34.1. The predicted molar refractivity (Wildman–Crippen MR) is 60.6 cm³/mol. The van der Waals surface area contributed by atoms with Crippen LogP contribution in [0.4, 0.5) is 8.78 Å². The quantitative estimate of drug-likeness (QED) is 0.780. The van der Waals surface area contributed by atoms with Gasteiger partial charge in [-0.25, -0.2) is 8.78 Å². The molecule has 0 heterocycles. The second kappa shape index (κ2) is 5.29. The molecule has 2 rings (SSSR count). The number of rotatable bonds is 3. The maximum Gasteiger partial charge on any atom is 0.323 e. The van der Waals surface area contributed by atoms with Crippen LogP contribution in [0.5, 0.6) is 0 Å². The van der Waals surface area contributed by atoms with E-state index in [1.165, 1.54) is 0 Å². The number of nitrogens with two attached hydrogens (primary N) is 1. The molecule has 0 aliphatic heterocycles. The zero-order valence-corrected chi connectivity index (χ0v) is 10.6. The number of hydrogen-bond donors (Lipinski definition) is 1. The topological polar surface area (TPSA) is 52.3 Å². The molecule has 0 aromatic heterocycles. The minimum absolute atomic E-state index is 0.126. The zero-order chi connectivity index (χ0) is 13.2. The number of fused-ring (bicyclic) bond motifs is 1. The molecule has 0 saturated heterocycles. The van der Waals surface area contributed by atoms with E-state index in [2.05, 4.69) is 0 Å². The van der Waals surface area contributed by atoms with Crippen LogP contribution < -0.4 is 5.73 Å². The van der Waals surface area contributed by atoms with Crippen molar-refractivity contribution in [1.82, 2.24) is 0 Å². The summed E-state index contributed by atoms with van der Waals surface area (Å²) in [4.78, 5) is 11.3. The highest BCUT2D eigenvalue weighted by atomic mass is 19.3. The third kappa shape index (κ3) is 2.59. The molecule has 0 aromatic rings. The van der Waals surface area contributed by atoms with Gasteiger partial charge in [0.15, 0.2) is 0 Å². The fourth-order valence-corrected chi connectivity index (χ4v) is 2.58. The first-order chi connectivity index (χ1) is 7.98. The molecule has 0 amide bonds. The van der Waals surface area contributed by atoms with E-state index in [0.29, 0.717) is 12.8 Å². The average molecular weight is 249 g/mol. The molecule has 100 valence electrons. The lowest BCUT2D eigenvalue weighted by Crippen LogP contribution is -2.39. The number of alkyl halides is 2. The molecule has 17 heavy (non-hydrogen) atoms. The summed E-state index contributed by atoms with van der Waals surface area (Å²) in [5.41, 5.74) is 5.66. The minimum atomic E-state index is -2.50. The fourth-order valence-electron chi connectivity index (χ4n) is 2.58. The lowest BCUT2D eigenvalue weighted by molar-refractivity contribution is -0.146. The van der Waals surface area contributed by atoms with Gasteiger partial charge in [0, 0.05) is 11.8 Å². The fraction of sp³-hybridized carbons (Fsp3) is 0.917. The Morgan fingerprint density at radius 3 is 2.29 bits per heavy atom. The number of halogens is 2. The maximum absolute atomic E-state index is 12.9. The number of carbonyl (C=O) groups excluding carboxylic acids is 1. The van der Waals surface area contributed by atoms with Crippen molar-refractivity contribution in [2.45, 2.75) is 45.6 Å². The number of esters is 1. The Balaban J connectivity index is 0.000000686. The molecule has 0 spiro atoms. The summed E-state index contributed by atoms with van der Waals surface area (Å²) in [6, 6.07) is -0.728. The molecule has 2 aliphatic rings. The van der Waals surface area contributed by atoms with Crippen LogP contribution in [-0.4, -0.2) is 24.5 Å². The summed E-state index contributed by atoms with van der Waals surface area (Å²) in [6.07, 6.45) is 0.718. The highest BCUT2D eigenvalue weighted by molar-refractivity contribution is 5.76. The van der Waals surface area contributed by atoms with Crippen molar-refractivity contribution >= 4 is 5.97 Å². The van der Waals surface area contributed by atoms with Crippen molar-refractivity contribution in [2.75, 3.05) is 6.61 Å². The molecule has 2 saturated carbocycles. The summed E-state index contributed by atoms with van der Waals surface area (Å²) in [7, 11) is 0. The molecule has 2 aliphatic carbocycles. The van der Waals surface area contributed by atoms with Crippen molar-refractivity contribution in [3.63, 3.8) is 0 Å². The van der Waals surface area contributed by atoms with Crippen molar-refractivity contribution in [3.8, 4) is 0 Å². The number of ether oxygens (including phenoxy) is 1. The Morgan fingerprint density at radius 2 is 1.88 bits per heavy atom. The Labute approximate surface area is 101 Å². The summed E-state index contributed by atoms with van der Waals surface area (Å²) in [5.74, 6) is -4.16. The third-order valence-electron chi connectivity index (χ3n) is 3.55. The van der Waals surface area contributed by atoms with Crippen LogP contribution in [0.3, 0.4) is 0 Å². The van der Waals surface area contributed by atoms with Crippen molar-refractivity contribution in [1.29, 1.82) is 0 Å². The Morgan fingerprint density at radius 1 is 1.41 bits per heavy atom. The average Bonchev–Trinajstić information content (AvgIpc) is 2.73. The Kier molecular flexibility index (Phi) is 4.47. The first-order valence-corrected chi connectivity index (χ1v) is 6.28. The predicted octanol–water partition coefficient (Wildman–Crippen LogP) is 2.19. The van der Waals surface area contributed by atoms with Gasteiger partial charge in [-0.1, -0.05) is 13.8 Å². The lowest BCUT2D eigenvalue weighted by atomic mass is 9.94. The maximum atomic E-state index is 12.9. The van der Waals surface area contributed by atoms with E-state index in [0.717, 1.165) is 0 Å². The van der Waals surface area contributed by atoms with Gasteiger partial charge in [0.05, 0.1) is 6.61 Å². The molecule has 3 atom stereocenters. The van der Waals surface area contributed by atoms with E-state index >= 15 is 0 Å². The standard InChI is InChI=1S/C10H15F2NO2.C2H6/c1-2-15-9(14)8(13)5-3-6-7(4-5)10(6,11)12;1-2/h5-8H,2-4,13H2,1H3;1-2H3. The second-order valence-corrected chi connectivity index (χ2v) is 4.40. The summed E-state index contributed by atoms with van der Waals surface area (Å²) < 4.78 is 30.5. The second-order valence-electron chi connectivity index (χ2n) is 4.40. The summed E-state index contributed by atoms with van der Waals surface area (Å²) in [6.45, 7) is 5.98. The third-order valence-corrected chi connectivity index (χ3v) is 3.55. The van der Waals surface area contributed by atoms with Crippen molar-refractivity contribution in [2.24, 2.45) is 23.5 Å². The van der Waals surface area contributed by atoms with Gasteiger partial charge in [-0.2, -0.15) is 0 Å². The van der Waals surface area contributed by atoms with Crippen LogP contribution in [0.1, 0.15) is 33.6 Å². The Bertz CT molecular complexity index is 270. The van der Waals surface area contributed by atoms with Crippen LogP contribution in [0, 0.1) is 17.8 Å². The van der Waals surface area contributed by atoms with Gasteiger partial charge in [0.2, 0.25) is 0 Å². The van der Waals surface area contributed by atoms with Gasteiger partial charge in [0.25, 0.3) is 5.92 Å². The molecular weight excluding hydrogens is 228 g/mol. The van der Waals surface area contributed by atoms with Crippen LogP contribution in [0.2, 0.25) is 0 Å². The van der Waals surface area contributed by atoms with E-state index in [9.17, 15) is 13.6 Å². The molecule has 3 nitrogen and oxygen atoms in total.